The lowest BCUT2D eigenvalue weighted by Crippen LogP contribution is -1.50. The Morgan fingerprint density at radius 2 is 2.43 bits per heavy atom. The molecule has 0 aliphatic rings. The maximum atomic E-state index is 4.56. The molecule has 0 spiro atoms. The number of nitrogens with zero attached hydrogens (tertiary/aromatic N) is 1. The van der Waals surface area contributed by atoms with Gasteiger partial charge in [0.2, 0.25) is 0 Å². The zero-order valence-electron chi connectivity index (χ0n) is 3.30. The molecule has 0 saturated heterocycles. The molecule has 0 atom stereocenters. The van der Waals surface area contributed by atoms with E-state index in [1.54, 1.807) is 0 Å². The van der Waals surface area contributed by atoms with E-state index in [1.165, 1.54) is 12.7 Å². The number of hydrogen-bond donors (Lipinski definition) is 0. The monoisotopic (exact) mass is 183 g/mol. The third-order valence-corrected chi connectivity index (χ3v) is 0.794. The van der Waals surface area contributed by atoms with Crippen molar-refractivity contribution in [1.82, 2.24) is 4.98 Å². The zero-order chi connectivity index (χ0) is 4.41. The SMILES string of the molecule is Brc1cocn1.Cl. The summed E-state index contributed by atoms with van der Waals surface area (Å²) in [5.41, 5.74) is 0. The Kier molecular flexibility index (Phi) is 3.04. The van der Waals surface area contributed by atoms with Crippen molar-refractivity contribution in [3.05, 3.63) is 17.3 Å². The highest BCUT2D eigenvalue weighted by Gasteiger charge is 1.80. The van der Waals surface area contributed by atoms with Crippen molar-refractivity contribution in [3.63, 3.8) is 0 Å². The van der Waals surface area contributed by atoms with Crippen molar-refractivity contribution in [2.45, 2.75) is 0 Å². The average Bonchev–Trinajstić information content (AvgIpc) is 1.86. The van der Waals surface area contributed by atoms with Gasteiger partial charge in [-0.25, -0.2) is 4.98 Å². The van der Waals surface area contributed by atoms with Crippen LogP contribution < -0.4 is 0 Å². The fourth-order valence-electron chi connectivity index (χ4n) is 0.198. The summed E-state index contributed by atoms with van der Waals surface area (Å²) < 4.78 is 5.29. The number of halogens is 2. The molecule has 40 valence electrons. The van der Waals surface area contributed by atoms with Crippen molar-refractivity contribution >= 4 is 28.3 Å². The highest BCUT2D eigenvalue weighted by Crippen LogP contribution is 2.01. The topological polar surface area (TPSA) is 26.0 Å². The van der Waals surface area contributed by atoms with Gasteiger partial charge in [-0.3, -0.25) is 0 Å². The van der Waals surface area contributed by atoms with Gasteiger partial charge in [0.15, 0.2) is 6.39 Å². The van der Waals surface area contributed by atoms with Crippen LogP contribution >= 0.6 is 28.3 Å². The largest absolute Gasteiger partial charge is 0.451 e. The summed E-state index contributed by atoms with van der Waals surface area (Å²) in [6.07, 6.45) is 2.88. The summed E-state index contributed by atoms with van der Waals surface area (Å²) in [6.45, 7) is 0. The lowest BCUT2D eigenvalue weighted by molar-refractivity contribution is 0.557. The van der Waals surface area contributed by atoms with Crippen LogP contribution in [-0.2, 0) is 0 Å². The molecule has 2 nitrogen and oxygen atoms in total. The van der Waals surface area contributed by atoms with Gasteiger partial charge in [0.25, 0.3) is 0 Å². The third kappa shape index (κ3) is 1.94. The number of hydrogen-bond acceptors (Lipinski definition) is 2. The van der Waals surface area contributed by atoms with Crippen LogP contribution in [0.5, 0.6) is 0 Å². The van der Waals surface area contributed by atoms with Gasteiger partial charge in [0.05, 0.1) is 0 Å². The van der Waals surface area contributed by atoms with Gasteiger partial charge in [-0.2, -0.15) is 0 Å². The second-order valence-corrected chi connectivity index (χ2v) is 1.62. The summed E-state index contributed by atoms with van der Waals surface area (Å²) in [5.74, 6) is 0. The van der Waals surface area contributed by atoms with Crippen LogP contribution in [0.2, 0.25) is 0 Å². The fraction of sp³-hybridized carbons (Fsp3) is 0. The average molecular weight is 184 g/mol. The van der Waals surface area contributed by atoms with Gasteiger partial charge in [-0.1, -0.05) is 0 Å². The summed E-state index contributed by atoms with van der Waals surface area (Å²) >= 11 is 3.08. The molecule has 0 aliphatic heterocycles. The van der Waals surface area contributed by atoms with Crippen LogP contribution in [0.15, 0.2) is 21.7 Å². The van der Waals surface area contributed by atoms with E-state index in [9.17, 15) is 0 Å². The van der Waals surface area contributed by atoms with Gasteiger partial charge in [0, 0.05) is 0 Å². The maximum absolute atomic E-state index is 4.56. The van der Waals surface area contributed by atoms with Crippen LogP contribution in [-0.4, -0.2) is 4.98 Å². The standard InChI is InChI=1S/C3H2BrNO.ClH/c4-3-1-6-2-5-3;/h1-2H;1H. The molecule has 0 unspecified atom stereocenters. The minimum atomic E-state index is 0. The van der Waals surface area contributed by atoms with Gasteiger partial charge >= 0.3 is 0 Å². The van der Waals surface area contributed by atoms with E-state index in [-0.39, 0.29) is 12.4 Å². The van der Waals surface area contributed by atoms with E-state index >= 15 is 0 Å². The highest BCUT2D eigenvalue weighted by atomic mass is 79.9. The molecular weight excluding hydrogens is 181 g/mol. The first kappa shape index (κ1) is 6.98. The molecule has 0 amide bonds. The van der Waals surface area contributed by atoms with Crippen LogP contribution in [0, 0.1) is 0 Å². The van der Waals surface area contributed by atoms with E-state index in [4.69, 9.17) is 0 Å². The molecule has 0 aliphatic carbocycles. The van der Waals surface area contributed by atoms with E-state index in [1.807, 2.05) is 0 Å². The minimum absolute atomic E-state index is 0. The van der Waals surface area contributed by atoms with Crippen molar-refractivity contribution in [3.8, 4) is 0 Å². The third-order valence-electron chi connectivity index (χ3n) is 0.402. The first-order valence-corrected chi connectivity index (χ1v) is 2.22. The van der Waals surface area contributed by atoms with Gasteiger partial charge in [-0.05, 0) is 15.9 Å². The molecule has 1 aromatic heterocycles. The lowest BCUT2D eigenvalue weighted by Gasteiger charge is -1.58. The van der Waals surface area contributed by atoms with Crippen LogP contribution in [0.4, 0.5) is 0 Å². The fourth-order valence-corrected chi connectivity index (χ4v) is 0.389. The van der Waals surface area contributed by atoms with E-state index < -0.39 is 0 Å². The molecule has 0 N–H and O–H groups in total. The Hall–Kier alpha value is -0.0200. The summed E-state index contributed by atoms with van der Waals surface area (Å²) in [5, 5.41) is 0. The molecule has 1 aromatic rings. The molecule has 0 saturated carbocycles. The van der Waals surface area contributed by atoms with Gasteiger partial charge in [0.1, 0.15) is 10.9 Å². The lowest BCUT2D eigenvalue weighted by atomic mass is 11.0. The molecule has 4 heteroatoms. The number of rotatable bonds is 0. The number of aromatic nitrogens is 1. The summed E-state index contributed by atoms with van der Waals surface area (Å²) in [6, 6.07) is 0. The van der Waals surface area contributed by atoms with Gasteiger partial charge in [-0.15, -0.1) is 12.4 Å². The maximum Gasteiger partial charge on any atom is 0.181 e. The van der Waals surface area contributed by atoms with Crippen LogP contribution in [0.3, 0.4) is 0 Å². The van der Waals surface area contributed by atoms with Crippen molar-refractivity contribution in [2.24, 2.45) is 0 Å². The summed E-state index contributed by atoms with van der Waals surface area (Å²) in [7, 11) is 0. The smallest absolute Gasteiger partial charge is 0.181 e. The van der Waals surface area contributed by atoms with Crippen LogP contribution in [0.25, 0.3) is 0 Å². The second-order valence-electron chi connectivity index (χ2n) is 0.811. The summed E-state index contributed by atoms with van der Waals surface area (Å²) in [4.78, 5) is 3.67. The predicted octanol–water partition coefficient (Wildman–Crippen LogP) is 1.86. The molecule has 1 heterocycles. The minimum Gasteiger partial charge on any atom is -0.451 e. The highest BCUT2D eigenvalue weighted by molar-refractivity contribution is 9.10. The Bertz CT molecular complexity index is 118. The van der Waals surface area contributed by atoms with E-state index in [0.717, 1.165) is 4.60 Å². The molecule has 0 aromatic carbocycles. The quantitative estimate of drug-likeness (QED) is 0.615. The van der Waals surface area contributed by atoms with E-state index in [2.05, 4.69) is 25.3 Å². The number of oxazole rings is 1. The Morgan fingerprint density at radius 3 is 2.57 bits per heavy atom. The van der Waals surface area contributed by atoms with Crippen molar-refractivity contribution in [2.75, 3.05) is 0 Å². The van der Waals surface area contributed by atoms with E-state index in [0.29, 0.717) is 0 Å². The zero-order valence-corrected chi connectivity index (χ0v) is 5.70. The Morgan fingerprint density at radius 1 is 1.71 bits per heavy atom. The van der Waals surface area contributed by atoms with Crippen molar-refractivity contribution < 1.29 is 4.42 Å². The first-order valence-electron chi connectivity index (χ1n) is 1.43. The molecule has 0 bridgehead atoms. The van der Waals surface area contributed by atoms with Crippen molar-refractivity contribution in [1.29, 1.82) is 0 Å². The van der Waals surface area contributed by atoms with Crippen LogP contribution in [0.1, 0.15) is 0 Å². The molecule has 0 fully saturated rings. The molecule has 7 heavy (non-hydrogen) atoms. The molecule has 0 radical (unpaired) electrons. The Labute approximate surface area is 55.5 Å². The second kappa shape index (κ2) is 3.04. The molecule has 1 rings (SSSR count). The Balaban J connectivity index is 0.000000360. The first-order chi connectivity index (χ1) is 2.89. The molecular formula is C3H3BrClNO. The normalized spacial score (nSPS) is 7.57. The predicted molar refractivity (Wildman–Crippen MR) is 31.5 cm³/mol. The van der Waals surface area contributed by atoms with Gasteiger partial charge < -0.3 is 4.42 Å².